The van der Waals surface area contributed by atoms with Gasteiger partial charge in [-0.05, 0) is 56.3 Å². The molecule has 3 rings (SSSR count). The van der Waals surface area contributed by atoms with Crippen LogP contribution in [-0.4, -0.2) is 34.6 Å². The fourth-order valence-corrected chi connectivity index (χ4v) is 3.49. The van der Waals surface area contributed by atoms with Crippen molar-refractivity contribution >= 4 is 23.3 Å². The van der Waals surface area contributed by atoms with Crippen LogP contribution in [0.25, 0.3) is 11.0 Å². The third-order valence-corrected chi connectivity index (χ3v) is 4.37. The topological polar surface area (TPSA) is 24.0 Å². The van der Waals surface area contributed by atoms with Crippen molar-refractivity contribution in [1.82, 2.24) is 14.5 Å². The molecule has 0 spiro atoms. The summed E-state index contributed by atoms with van der Waals surface area (Å²) >= 11 is 5.43. The van der Waals surface area contributed by atoms with E-state index in [1.165, 1.54) is 6.07 Å². The number of aromatic amines is 1. The van der Waals surface area contributed by atoms with Crippen LogP contribution in [0.5, 0.6) is 0 Å². The number of nitrogens with zero attached hydrogens (tertiary/aromatic N) is 2. The molecule has 3 nitrogen and oxygen atoms in total. The Morgan fingerprint density at radius 3 is 2.95 bits per heavy atom. The average molecular weight is 279 g/mol. The molecule has 1 aliphatic rings. The molecule has 1 N–H and O–H groups in total. The Labute approximate surface area is 117 Å². The maximum Gasteiger partial charge on any atom is 0.178 e. The fraction of sp³-hybridized carbons (Fsp3) is 0.500. The van der Waals surface area contributed by atoms with Crippen LogP contribution in [0, 0.1) is 16.5 Å². The summed E-state index contributed by atoms with van der Waals surface area (Å²) in [6, 6.07) is 5.15. The number of halogens is 1. The van der Waals surface area contributed by atoms with E-state index in [1.54, 1.807) is 12.1 Å². The van der Waals surface area contributed by atoms with E-state index in [1.807, 2.05) is 0 Å². The van der Waals surface area contributed by atoms with Gasteiger partial charge in [0.2, 0.25) is 0 Å². The zero-order chi connectivity index (χ0) is 13.6. The van der Waals surface area contributed by atoms with Gasteiger partial charge < -0.3 is 14.5 Å². The molecule has 2 atom stereocenters. The van der Waals surface area contributed by atoms with Crippen LogP contribution in [0.1, 0.15) is 19.4 Å². The highest BCUT2D eigenvalue weighted by atomic mass is 32.1. The number of piperidine rings is 1. The molecule has 1 aromatic heterocycles. The predicted octanol–water partition coefficient (Wildman–Crippen LogP) is 3.35. The maximum absolute atomic E-state index is 13.5. The van der Waals surface area contributed by atoms with E-state index in [2.05, 4.69) is 28.4 Å². The number of benzene rings is 1. The van der Waals surface area contributed by atoms with Gasteiger partial charge in [-0.25, -0.2) is 4.39 Å². The molecule has 0 amide bonds. The van der Waals surface area contributed by atoms with Gasteiger partial charge in [-0.1, -0.05) is 6.92 Å². The van der Waals surface area contributed by atoms with E-state index in [0.29, 0.717) is 16.7 Å². The van der Waals surface area contributed by atoms with Gasteiger partial charge >= 0.3 is 0 Å². The largest absolute Gasteiger partial charge is 0.331 e. The number of aromatic nitrogens is 2. The number of imidazole rings is 1. The number of hydrogen-bond donors (Lipinski definition) is 1. The van der Waals surface area contributed by atoms with Gasteiger partial charge in [0.25, 0.3) is 0 Å². The highest BCUT2D eigenvalue weighted by Crippen LogP contribution is 2.31. The Morgan fingerprint density at radius 2 is 2.21 bits per heavy atom. The molecule has 1 aromatic carbocycles. The van der Waals surface area contributed by atoms with Crippen molar-refractivity contribution in [2.45, 2.75) is 19.4 Å². The summed E-state index contributed by atoms with van der Waals surface area (Å²) < 4.78 is 16.3. The number of hydrogen-bond acceptors (Lipinski definition) is 2. The first-order valence-corrected chi connectivity index (χ1v) is 7.05. The SMILES string of the molecule is CC1CN(C)CCC1n1c(=S)[nH]c2ccc(F)cc21. The number of fused-ring (bicyclic) bond motifs is 1. The maximum atomic E-state index is 13.5. The molecule has 2 aromatic rings. The van der Waals surface area contributed by atoms with Crippen molar-refractivity contribution in [2.24, 2.45) is 5.92 Å². The van der Waals surface area contributed by atoms with E-state index in [4.69, 9.17) is 12.2 Å². The van der Waals surface area contributed by atoms with Crippen LogP contribution in [0.4, 0.5) is 4.39 Å². The van der Waals surface area contributed by atoms with Crippen molar-refractivity contribution in [3.05, 3.63) is 28.8 Å². The molecule has 2 heterocycles. The lowest BCUT2D eigenvalue weighted by molar-refractivity contribution is 0.160. The second-order valence-electron chi connectivity index (χ2n) is 5.56. The van der Waals surface area contributed by atoms with Crippen molar-refractivity contribution in [1.29, 1.82) is 0 Å². The summed E-state index contributed by atoms with van der Waals surface area (Å²) in [5.41, 5.74) is 1.80. The van der Waals surface area contributed by atoms with E-state index >= 15 is 0 Å². The number of H-pyrrole nitrogens is 1. The van der Waals surface area contributed by atoms with Crippen molar-refractivity contribution in [3.63, 3.8) is 0 Å². The Balaban J connectivity index is 2.11. The van der Waals surface area contributed by atoms with Gasteiger partial charge in [-0.2, -0.15) is 0 Å². The Kier molecular flexibility index (Phi) is 3.19. The summed E-state index contributed by atoms with van der Waals surface area (Å²) in [5, 5.41) is 0. The highest BCUT2D eigenvalue weighted by molar-refractivity contribution is 7.71. The van der Waals surface area contributed by atoms with Gasteiger partial charge in [0.05, 0.1) is 11.0 Å². The lowest BCUT2D eigenvalue weighted by Crippen LogP contribution is -2.37. The summed E-state index contributed by atoms with van der Waals surface area (Å²) in [7, 11) is 2.14. The van der Waals surface area contributed by atoms with Crippen molar-refractivity contribution in [3.8, 4) is 0 Å². The molecule has 0 saturated carbocycles. The Hall–Kier alpha value is -1.20. The van der Waals surface area contributed by atoms with E-state index in [9.17, 15) is 4.39 Å². The lowest BCUT2D eigenvalue weighted by Gasteiger charge is -2.35. The van der Waals surface area contributed by atoms with Crippen LogP contribution in [0.2, 0.25) is 0 Å². The Morgan fingerprint density at radius 1 is 1.42 bits per heavy atom. The third-order valence-electron chi connectivity index (χ3n) is 4.07. The summed E-state index contributed by atoms with van der Waals surface area (Å²) in [6.07, 6.45) is 1.05. The normalized spacial score (nSPS) is 25.0. The number of likely N-dealkylation sites (tertiary alicyclic amines) is 1. The monoisotopic (exact) mass is 279 g/mol. The molecule has 0 aliphatic carbocycles. The third kappa shape index (κ3) is 2.21. The van der Waals surface area contributed by atoms with Gasteiger partial charge in [0.15, 0.2) is 4.77 Å². The molecule has 1 aliphatic heterocycles. The minimum Gasteiger partial charge on any atom is -0.331 e. The standard InChI is InChI=1S/C14H18FN3S/c1-9-8-17(2)6-5-12(9)18-13-7-10(15)3-4-11(13)16-14(18)19/h3-4,7,9,12H,5-6,8H2,1-2H3,(H,16,19). The highest BCUT2D eigenvalue weighted by Gasteiger charge is 2.27. The van der Waals surface area contributed by atoms with Crippen LogP contribution in [0.15, 0.2) is 18.2 Å². The molecule has 5 heteroatoms. The summed E-state index contributed by atoms with van der Waals surface area (Å²) in [6.45, 7) is 4.34. The molecule has 2 unspecified atom stereocenters. The van der Waals surface area contributed by atoms with Gasteiger partial charge in [-0.15, -0.1) is 0 Å². The first kappa shape index (κ1) is 12.8. The van der Waals surface area contributed by atoms with E-state index in [0.717, 1.165) is 30.5 Å². The Bertz CT molecular complexity index is 660. The molecule has 1 saturated heterocycles. The van der Waals surface area contributed by atoms with Crippen molar-refractivity contribution < 1.29 is 4.39 Å². The van der Waals surface area contributed by atoms with Gasteiger partial charge in [-0.3, -0.25) is 0 Å². The van der Waals surface area contributed by atoms with Crippen LogP contribution < -0.4 is 0 Å². The molecule has 1 fully saturated rings. The zero-order valence-corrected chi connectivity index (χ0v) is 12.0. The smallest absolute Gasteiger partial charge is 0.178 e. The molecule has 0 bridgehead atoms. The predicted molar refractivity (Wildman–Crippen MR) is 77.4 cm³/mol. The van der Waals surface area contributed by atoms with E-state index < -0.39 is 0 Å². The molecular formula is C14H18FN3S. The minimum atomic E-state index is -0.212. The van der Waals surface area contributed by atoms with Crippen LogP contribution in [-0.2, 0) is 0 Å². The number of rotatable bonds is 1. The first-order valence-electron chi connectivity index (χ1n) is 6.64. The molecule has 0 radical (unpaired) electrons. The summed E-state index contributed by atoms with van der Waals surface area (Å²) in [4.78, 5) is 5.51. The summed E-state index contributed by atoms with van der Waals surface area (Å²) in [5.74, 6) is 0.295. The lowest BCUT2D eigenvalue weighted by atomic mass is 9.94. The number of nitrogens with one attached hydrogen (secondary N) is 1. The van der Waals surface area contributed by atoms with E-state index in [-0.39, 0.29) is 5.82 Å². The molecule has 19 heavy (non-hydrogen) atoms. The molecule has 102 valence electrons. The fourth-order valence-electron chi connectivity index (χ4n) is 3.15. The minimum absolute atomic E-state index is 0.212. The van der Waals surface area contributed by atoms with Crippen LogP contribution >= 0.6 is 12.2 Å². The van der Waals surface area contributed by atoms with Crippen LogP contribution in [0.3, 0.4) is 0 Å². The second-order valence-corrected chi connectivity index (χ2v) is 5.94. The van der Waals surface area contributed by atoms with Gasteiger partial charge in [0.1, 0.15) is 5.82 Å². The second kappa shape index (κ2) is 4.72. The average Bonchev–Trinajstić information content (AvgIpc) is 2.65. The van der Waals surface area contributed by atoms with Crippen molar-refractivity contribution in [2.75, 3.05) is 20.1 Å². The van der Waals surface area contributed by atoms with Gasteiger partial charge in [0, 0.05) is 12.6 Å². The first-order chi connectivity index (χ1) is 9.06. The molecular weight excluding hydrogens is 261 g/mol. The zero-order valence-electron chi connectivity index (χ0n) is 11.2. The quantitative estimate of drug-likeness (QED) is 0.809.